The SMILES string of the molecule is Clc1nc2ccccc2c2c1ncn2CC1CCCCC1. The summed E-state index contributed by atoms with van der Waals surface area (Å²) in [5.41, 5.74) is 2.91. The molecule has 1 aliphatic carbocycles. The Morgan fingerprint density at radius 2 is 1.95 bits per heavy atom. The summed E-state index contributed by atoms with van der Waals surface area (Å²) >= 11 is 6.31. The predicted molar refractivity (Wildman–Crippen MR) is 86.6 cm³/mol. The second-order valence-electron chi connectivity index (χ2n) is 6.02. The Morgan fingerprint density at radius 1 is 1.14 bits per heavy atom. The molecule has 3 aromatic rings. The van der Waals surface area contributed by atoms with Crippen molar-refractivity contribution in [2.45, 2.75) is 38.6 Å². The Bertz CT molecular complexity index is 787. The van der Waals surface area contributed by atoms with Crippen LogP contribution in [0.15, 0.2) is 30.6 Å². The molecule has 1 aromatic carbocycles. The molecule has 21 heavy (non-hydrogen) atoms. The molecule has 3 nitrogen and oxygen atoms in total. The fourth-order valence-corrected chi connectivity index (χ4v) is 3.76. The minimum atomic E-state index is 0.506. The first-order chi connectivity index (χ1) is 10.3. The van der Waals surface area contributed by atoms with Crippen LogP contribution in [0.1, 0.15) is 32.1 Å². The number of pyridine rings is 1. The second-order valence-corrected chi connectivity index (χ2v) is 6.38. The van der Waals surface area contributed by atoms with E-state index < -0.39 is 0 Å². The van der Waals surface area contributed by atoms with Crippen LogP contribution in [-0.4, -0.2) is 14.5 Å². The van der Waals surface area contributed by atoms with Crippen LogP contribution in [0.3, 0.4) is 0 Å². The van der Waals surface area contributed by atoms with Gasteiger partial charge in [0.15, 0.2) is 5.15 Å². The maximum Gasteiger partial charge on any atom is 0.157 e. The molecule has 1 aliphatic rings. The Kier molecular flexibility index (Phi) is 3.30. The Morgan fingerprint density at radius 3 is 2.81 bits per heavy atom. The molecular formula is C17H18ClN3. The summed E-state index contributed by atoms with van der Waals surface area (Å²) in [6.45, 7) is 1.04. The monoisotopic (exact) mass is 299 g/mol. The van der Waals surface area contributed by atoms with E-state index in [4.69, 9.17) is 11.6 Å². The lowest BCUT2D eigenvalue weighted by atomic mass is 9.89. The average molecular weight is 300 g/mol. The van der Waals surface area contributed by atoms with E-state index in [1.807, 2.05) is 18.5 Å². The number of imidazole rings is 1. The lowest BCUT2D eigenvalue weighted by Crippen LogP contribution is -2.13. The number of hydrogen-bond acceptors (Lipinski definition) is 2. The highest BCUT2D eigenvalue weighted by atomic mass is 35.5. The number of halogens is 1. The quantitative estimate of drug-likeness (QED) is 0.635. The van der Waals surface area contributed by atoms with E-state index in [0.717, 1.165) is 34.4 Å². The van der Waals surface area contributed by atoms with Gasteiger partial charge in [-0.2, -0.15) is 0 Å². The van der Waals surface area contributed by atoms with Crippen LogP contribution in [0, 0.1) is 5.92 Å². The predicted octanol–water partition coefficient (Wildman–Crippen LogP) is 4.82. The van der Waals surface area contributed by atoms with Crippen molar-refractivity contribution in [3.63, 3.8) is 0 Å². The maximum atomic E-state index is 6.31. The molecule has 4 rings (SSSR count). The van der Waals surface area contributed by atoms with Gasteiger partial charge in [0.05, 0.1) is 17.4 Å². The lowest BCUT2D eigenvalue weighted by molar-refractivity contribution is 0.322. The number of para-hydroxylation sites is 1. The molecule has 0 bridgehead atoms. The van der Waals surface area contributed by atoms with E-state index in [2.05, 4.69) is 26.7 Å². The van der Waals surface area contributed by atoms with Crippen LogP contribution in [0.5, 0.6) is 0 Å². The first-order valence-corrected chi connectivity index (χ1v) is 8.10. The topological polar surface area (TPSA) is 30.7 Å². The Hall–Kier alpha value is -1.61. The Labute approximate surface area is 129 Å². The normalized spacial score (nSPS) is 16.8. The van der Waals surface area contributed by atoms with Crippen LogP contribution in [0.4, 0.5) is 0 Å². The first-order valence-electron chi connectivity index (χ1n) is 7.72. The molecule has 0 atom stereocenters. The highest BCUT2D eigenvalue weighted by molar-refractivity contribution is 6.35. The van der Waals surface area contributed by atoms with Crippen molar-refractivity contribution in [3.05, 3.63) is 35.7 Å². The molecule has 0 N–H and O–H groups in total. The average Bonchev–Trinajstić information content (AvgIpc) is 2.93. The van der Waals surface area contributed by atoms with Crippen LogP contribution in [0.25, 0.3) is 21.9 Å². The summed E-state index contributed by atoms with van der Waals surface area (Å²) in [4.78, 5) is 8.96. The van der Waals surface area contributed by atoms with E-state index >= 15 is 0 Å². The van der Waals surface area contributed by atoms with Crippen molar-refractivity contribution in [2.75, 3.05) is 0 Å². The number of benzene rings is 1. The fourth-order valence-electron chi connectivity index (χ4n) is 3.53. The molecule has 0 radical (unpaired) electrons. The van der Waals surface area contributed by atoms with Crippen LogP contribution >= 0.6 is 11.6 Å². The third-order valence-electron chi connectivity index (χ3n) is 4.59. The van der Waals surface area contributed by atoms with Crippen molar-refractivity contribution < 1.29 is 0 Å². The van der Waals surface area contributed by atoms with E-state index in [1.165, 1.54) is 32.1 Å². The van der Waals surface area contributed by atoms with Gasteiger partial charge in [-0.3, -0.25) is 0 Å². The van der Waals surface area contributed by atoms with Crippen LogP contribution in [0.2, 0.25) is 5.15 Å². The largest absolute Gasteiger partial charge is 0.330 e. The van der Waals surface area contributed by atoms with E-state index in [9.17, 15) is 0 Å². The summed E-state index contributed by atoms with van der Waals surface area (Å²) in [6, 6.07) is 8.17. The number of fused-ring (bicyclic) bond motifs is 3. The zero-order valence-corrected chi connectivity index (χ0v) is 12.7. The second kappa shape index (κ2) is 5.30. The van der Waals surface area contributed by atoms with Gasteiger partial charge in [-0.05, 0) is 24.8 Å². The minimum Gasteiger partial charge on any atom is -0.330 e. The van der Waals surface area contributed by atoms with Gasteiger partial charge in [0.25, 0.3) is 0 Å². The summed E-state index contributed by atoms with van der Waals surface area (Å²) in [5, 5.41) is 1.65. The van der Waals surface area contributed by atoms with Gasteiger partial charge in [-0.15, -0.1) is 0 Å². The summed E-state index contributed by atoms with van der Waals surface area (Å²) in [5.74, 6) is 0.766. The number of nitrogens with zero attached hydrogens (tertiary/aromatic N) is 3. The lowest BCUT2D eigenvalue weighted by Gasteiger charge is -2.22. The summed E-state index contributed by atoms with van der Waals surface area (Å²) in [6.07, 6.45) is 8.70. The van der Waals surface area contributed by atoms with Gasteiger partial charge in [-0.1, -0.05) is 49.1 Å². The van der Waals surface area contributed by atoms with E-state index in [0.29, 0.717) is 5.15 Å². The minimum absolute atomic E-state index is 0.506. The van der Waals surface area contributed by atoms with Crippen molar-refractivity contribution >= 4 is 33.5 Å². The molecule has 0 aliphatic heterocycles. The van der Waals surface area contributed by atoms with Crippen LogP contribution < -0.4 is 0 Å². The highest BCUT2D eigenvalue weighted by Gasteiger charge is 2.17. The van der Waals surface area contributed by atoms with Gasteiger partial charge in [0.2, 0.25) is 0 Å². The summed E-state index contributed by atoms with van der Waals surface area (Å²) < 4.78 is 2.28. The smallest absolute Gasteiger partial charge is 0.157 e. The maximum absolute atomic E-state index is 6.31. The highest BCUT2D eigenvalue weighted by Crippen LogP contribution is 2.31. The molecule has 0 unspecified atom stereocenters. The molecule has 1 saturated carbocycles. The molecule has 2 heterocycles. The van der Waals surface area contributed by atoms with Gasteiger partial charge in [-0.25, -0.2) is 9.97 Å². The van der Waals surface area contributed by atoms with E-state index in [1.54, 1.807) is 0 Å². The van der Waals surface area contributed by atoms with Gasteiger partial charge >= 0.3 is 0 Å². The van der Waals surface area contributed by atoms with E-state index in [-0.39, 0.29) is 0 Å². The van der Waals surface area contributed by atoms with Gasteiger partial charge < -0.3 is 4.57 Å². The number of hydrogen-bond donors (Lipinski definition) is 0. The van der Waals surface area contributed by atoms with Crippen molar-refractivity contribution in [3.8, 4) is 0 Å². The molecular weight excluding hydrogens is 282 g/mol. The number of aromatic nitrogens is 3. The van der Waals surface area contributed by atoms with Gasteiger partial charge in [0.1, 0.15) is 5.52 Å². The molecule has 0 spiro atoms. The van der Waals surface area contributed by atoms with Crippen molar-refractivity contribution in [2.24, 2.45) is 5.92 Å². The molecule has 108 valence electrons. The van der Waals surface area contributed by atoms with Gasteiger partial charge in [0, 0.05) is 11.9 Å². The third-order valence-corrected chi connectivity index (χ3v) is 4.85. The number of rotatable bonds is 2. The fraction of sp³-hybridized carbons (Fsp3) is 0.412. The van der Waals surface area contributed by atoms with Crippen molar-refractivity contribution in [1.82, 2.24) is 14.5 Å². The molecule has 2 aromatic heterocycles. The molecule has 0 amide bonds. The zero-order valence-electron chi connectivity index (χ0n) is 11.9. The Balaban J connectivity index is 1.85. The van der Waals surface area contributed by atoms with Crippen molar-refractivity contribution in [1.29, 1.82) is 0 Å². The molecule has 1 fully saturated rings. The zero-order chi connectivity index (χ0) is 14.2. The molecule has 0 saturated heterocycles. The third kappa shape index (κ3) is 2.30. The summed E-state index contributed by atoms with van der Waals surface area (Å²) in [7, 11) is 0. The first kappa shape index (κ1) is 13.1. The van der Waals surface area contributed by atoms with Crippen LogP contribution in [-0.2, 0) is 6.54 Å². The molecule has 4 heteroatoms. The standard InChI is InChI=1S/C17H18ClN3/c18-17-15-16(13-8-4-5-9-14(13)20-17)21(11-19-15)10-12-6-2-1-3-7-12/h4-5,8-9,11-12H,1-3,6-7,10H2.